The summed E-state index contributed by atoms with van der Waals surface area (Å²) in [6.07, 6.45) is 0. The van der Waals surface area contributed by atoms with E-state index in [1.54, 1.807) is 25.3 Å². The third-order valence-electron chi connectivity index (χ3n) is 3.21. The van der Waals surface area contributed by atoms with Gasteiger partial charge in [-0.1, -0.05) is 34.1 Å². The average molecular weight is 349 g/mol. The highest BCUT2D eigenvalue weighted by Gasteiger charge is 2.14. The first kappa shape index (κ1) is 15.4. The van der Waals surface area contributed by atoms with Gasteiger partial charge in [0.15, 0.2) is 0 Å². The van der Waals surface area contributed by atoms with Crippen molar-refractivity contribution in [1.29, 1.82) is 0 Å². The number of hydrogen-bond acceptors (Lipinski definition) is 3. The van der Waals surface area contributed by atoms with Crippen LogP contribution in [0.15, 0.2) is 46.9 Å². The van der Waals surface area contributed by atoms with Crippen LogP contribution in [0.2, 0.25) is 0 Å². The molecule has 0 aromatic heterocycles. The molecule has 0 heterocycles. The number of rotatable bonds is 4. The van der Waals surface area contributed by atoms with Crippen LogP contribution in [-0.2, 0) is 0 Å². The molecule has 21 heavy (non-hydrogen) atoms. The number of ether oxygens (including phenoxy) is 1. The van der Waals surface area contributed by atoms with Crippen molar-refractivity contribution in [2.45, 2.75) is 13.0 Å². The molecule has 0 aliphatic heterocycles. The van der Waals surface area contributed by atoms with E-state index >= 15 is 0 Å². The second-order valence-electron chi connectivity index (χ2n) is 4.67. The number of carbonyl (C=O) groups is 1. The van der Waals surface area contributed by atoms with Gasteiger partial charge >= 0.3 is 0 Å². The molecular formula is C16H17BrN2O2. The molecule has 0 aliphatic carbocycles. The number of benzene rings is 2. The minimum absolute atomic E-state index is 0.114. The fourth-order valence-electron chi connectivity index (χ4n) is 2.06. The first-order chi connectivity index (χ1) is 10.0. The van der Waals surface area contributed by atoms with Gasteiger partial charge in [-0.3, -0.25) is 4.79 Å². The van der Waals surface area contributed by atoms with E-state index in [9.17, 15) is 4.79 Å². The first-order valence-electron chi connectivity index (χ1n) is 6.51. The van der Waals surface area contributed by atoms with Crippen molar-refractivity contribution in [3.05, 3.63) is 58.1 Å². The lowest BCUT2D eigenvalue weighted by Gasteiger charge is -2.16. The molecule has 0 bridgehead atoms. The number of nitrogens with two attached hydrogens (primary N) is 1. The predicted molar refractivity (Wildman–Crippen MR) is 87.4 cm³/mol. The molecule has 1 unspecified atom stereocenters. The summed E-state index contributed by atoms with van der Waals surface area (Å²) in [7, 11) is 1.54. The maximum atomic E-state index is 12.3. The third kappa shape index (κ3) is 3.55. The number of carbonyl (C=O) groups excluding carboxylic acids is 1. The second-order valence-corrected chi connectivity index (χ2v) is 5.53. The molecule has 2 aromatic carbocycles. The lowest BCUT2D eigenvalue weighted by atomic mass is 10.1. The molecule has 0 fully saturated rings. The Morgan fingerprint density at radius 2 is 2.00 bits per heavy atom. The summed E-state index contributed by atoms with van der Waals surface area (Å²) < 4.78 is 6.05. The van der Waals surface area contributed by atoms with Crippen molar-refractivity contribution in [2.75, 3.05) is 12.8 Å². The second kappa shape index (κ2) is 6.63. The molecule has 0 radical (unpaired) electrons. The van der Waals surface area contributed by atoms with Gasteiger partial charge in [0.25, 0.3) is 5.91 Å². The Bertz CT molecular complexity index is 658. The van der Waals surface area contributed by atoms with Crippen LogP contribution in [0.3, 0.4) is 0 Å². The van der Waals surface area contributed by atoms with Gasteiger partial charge in [0.1, 0.15) is 5.75 Å². The highest BCUT2D eigenvalue weighted by atomic mass is 79.9. The van der Waals surface area contributed by atoms with Gasteiger partial charge in [-0.05, 0) is 36.8 Å². The summed E-state index contributed by atoms with van der Waals surface area (Å²) in [4.78, 5) is 12.3. The maximum Gasteiger partial charge on any atom is 0.251 e. The van der Waals surface area contributed by atoms with E-state index in [0.29, 0.717) is 17.0 Å². The molecule has 2 aromatic rings. The molecule has 5 heteroatoms. The van der Waals surface area contributed by atoms with Crippen molar-refractivity contribution in [2.24, 2.45) is 0 Å². The summed E-state index contributed by atoms with van der Waals surface area (Å²) in [5.74, 6) is 0.387. The minimum atomic E-state index is -0.174. The topological polar surface area (TPSA) is 64.3 Å². The lowest BCUT2D eigenvalue weighted by Crippen LogP contribution is -2.26. The smallest absolute Gasteiger partial charge is 0.251 e. The zero-order valence-corrected chi connectivity index (χ0v) is 13.5. The monoisotopic (exact) mass is 348 g/mol. The van der Waals surface area contributed by atoms with Crippen LogP contribution >= 0.6 is 15.9 Å². The van der Waals surface area contributed by atoms with E-state index in [1.807, 2.05) is 31.2 Å². The van der Waals surface area contributed by atoms with Gasteiger partial charge in [0.2, 0.25) is 0 Å². The van der Waals surface area contributed by atoms with Crippen molar-refractivity contribution in [3.63, 3.8) is 0 Å². The Balaban J connectivity index is 2.14. The first-order valence-corrected chi connectivity index (χ1v) is 7.31. The van der Waals surface area contributed by atoms with E-state index < -0.39 is 0 Å². The zero-order valence-electron chi connectivity index (χ0n) is 11.9. The Hall–Kier alpha value is -2.01. The molecule has 1 amide bonds. The molecule has 0 aliphatic rings. The fraction of sp³-hybridized carbons (Fsp3) is 0.188. The van der Waals surface area contributed by atoms with E-state index in [-0.39, 0.29) is 11.9 Å². The van der Waals surface area contributed by atoms with Gasteiger partial charge in [0, 0.05) is 10.0 Å². The van der Waals surface area contributed by atoms with E-state index in [4.69, 9.17) is 10.5 Å². The molecule has 0 saturated carbocycles. The molecule has 1 atom stereocenters. The average Bonchev–Trinajstić information content (AvgIpc) is 2.47. The molecule has 110 valence electrons. The number of hydrogen-bond donors (Lipinski definition) is 2. The predicted octanol–water partition coefficient (Wildman–Crippen LogP) is 3.53. The summed E-state index contributed by atoms with van der Waals surface area (Å²) >= 11 is 3.49. The van der Waals surface area contributed by atoms with Crippen LogP contribution in [0.5, 0.6) is 5.75 Å². The van der Waals surface area contributed by atoms with Crippen LogP contribution in [0.1, 0.15) is 28.9 Å². The largest absolute Gasteiger partial charge is 0.495 e. The van der Waals surface area contributed by atoms with E-state index in [2.05, 4.69) is 21.2 Å². The molecule has 2 rings (SSSR count). The van der Waals surface area contributed by atoms with Crippen LogP contribution in [-0.4, -0.2) is 13.0 Å². The summed E-state index contributed by atoms with van der Waals surface area (Å²) in [5.41, 5.74) is 7.79. The minimum Gasteiger partial charge on any atom is -0.495 e. The van der Waals surface area contributed by atoms with E-state index in [1.165, 1.54) is 0 Å². The Morgan fingerprint density at radius 3 is 2.62 bits per heavy atom. The summed E-state index contributed by atoms with van der Waals surface area (Å²) in [6.45, 7) is 1.94. The Morgan fingerprint density at radius 1 is 1.29 bits per heavy atom. The number of amides is 1. The van der Waals surface area contributed by atoms with Crippen LogP contribution in [0.25, 0.3) is 0 Å². The lowest BCUT2D eigenvalue weighted by molar-refractivity contribution is 0.0940. The highest BCUT2D eigenvalue weighted by molar-refractivity contribution is 9.10. The zero-order chi connectivity index (χ0) is 15.4. The quantitative estimate of drug-likeness (QED) is 0.830. The molecule has 3 N–H and O–H groups in total. The maximum absolute atomic E-state index is 12.3. The van der Waals surface area contributed by atoms with Crippen molar-refractivity contribution >= 4 is 27.5 Å². The number of nitrogen functional groups attached to an aromatic ring is 1. The van der Waals surface area contributed by atoms with Gasteiger partial charge in [-0.2, -0.15) is 0 Å². The molecular weight excluding hydrogens is 332 g/mol. The van der Waals surface area contributed by atoms with Crippen molar-refractivity contribution in [3.8, 4) is 5.75 Å². The van der Waals surface area contributed by atoms with Gasteiger partial charge < -0.3 is 15.8 Å². The molecule has 4 nitrogen and oxygen atoms in total. The van der Waals surface area contributed by atoms with Crippen LogP contribution < -0.4 is 15.8 Å². The highest BCUT2D eigenvalue weighted by Crippen LogP contribution is 2.24. The Kier molecular flexibility index (Phi) is 4.85. The standard InChI is InChI=1S/C16H17BrN2O2/c1-10(12-5-3-4-6-13(12)17)19-16(20)11-7-8-15(21-2)14(18)9-11/h3-10H,18H2,1-2H3,(H,19,20). The third-order valence-corrected chi connectivity index (χ3v) is 3.93. The van der Waals surface area contributed by atoms with Crippen molar-refractivity contribution in [1.82, 2.24) is 5.32 Å². The van der Waals surface area contributed by atoms with Crippen LogP contribution in [0, 0.1) is 0 Å². The number of methoxy groups -OCH3 is 1. The fourth-order valence-corrected chi connectivity index (χ4v) is 2.69. The SMILES string of the molecule is COc1ccc(C(=O)NC(C)c2ccccc2Br)cc1N. The van der Waals surface area contributed by atoms with Crippen molar-refractivity contribution < 1.29 is 9.53 Å². The van der Waals surface area contributed by atoms with Gasteiger partial charge in [0.05, 0.1) is 18.8 Å². The molecule has 0 saturated heterocycles. The van der Waals surface area contributed by atoms with E-state index in [0.717, 1.165) is 10.0 Å². The summed E-state index contributed by atoms with van der Waals surface area (Å²) in [5, 5.41) is 2.95. The van der Waals surface area contributed by atoms with Gasteiger partial charge in [-0.25, -0.2) is 0 Å². The normalized spacial score (nSPS) is 11.8. The number of nitrogens with one attached hydrogen (secondary N) is 1. The number of anilines is 1. The van der Waals surface area contributed by atoms with Crippen LogP contribution in [0.4, 0.5) is 5.69 Å². The molecule has 0 spiro atoms. The van der Waals surface area contributed by atoms with Gasteiger partial charge in [-0.15, -0.1) is 0 Å². The number of halogens is 1. The summed E-state index contributed by atoms with van der Waals surface area (Å²) in [6, 6.07) is 12.7. The Labute approximate surface area is 132 Å².